The van der Waals surface area contributed by atoms with Gasteiger partial charge in [0, 0.05) is 17.4 Å². The minimum Gasteiger partial charge on any atom is -0.317 e. The summed E-state index contributed by atoms with van der Waals surface area (Å²) in [5.74, 6) is -0.0127. The molecule has 1 aliphatic heterocycles. The Kier molecular flexibility index (Phi) is 6.28. The van der Waals surface area contributed by atoms with E-state index in [9.17, 15) is 4.79 Å². The van der Waals surface area contributed by atoms with Crippen molar-refractivity contribution in [1.82, 2.24) is 10.3 Å². The zero-order valence-electron chi connectivity index (χ0n) is 15.4. The Balaban J connectivity index is 1.84. The first-order valence-corrected chi connectivity index (χ1v) is 9.68. The molecule has 0 aromatic heterocycles. The van der Waals surface area contributed by atoms with Gasteiger partial charge in [-0.05, 0) is 44.1 Å². The number of amides is 1. The van der Waals surface area contributed by atoms with E-state index in [1.165, 1.54) is 0 Å². The molecule has 3 rings (SSSR count). The first kappa shape index (κ1) is 18.9. The molecular formula is C21H26ClN3O. The van der Waals surface area contributed by atoms with Crippen LogP contribution in [0.3, 0.4) is 0 Å². The Hall–Kier alpha value is -1.91. The summed E-state index contributed by atoms with van der Waals surface area (Å²) in [7, 11) is 0. The highest BCUT2D eigenvalue weighted by Crippen LogP contribution is 2.31. The highest BCUT2D eigenvalue weighted by atomic mass is 35.5. The van der Waals surface area contributed by atoms with Gasteiger partial charge in [-0.3, -0.25) is 4.79 Å². The highest BCUT2D eigenvalue weighted by Gasteiger charge is 2.38. The van der Waals surface area contributed by atoms with E-state index >= 15 is 0 Å². The quantitative estimate of drug-likeness (QED) is 0.740. The lowest BCUT2D eigenvalue weighted by molar-refractivity contribution is -0.137. The van der Waals surface area contributed by atoms with Gasteiger partial charge >= 0.3 is 0 Å². The molecule has 3 unspecified atom stereocenters. The molecule has 1 amide bonds. The fourth-order valence-corrected chi connectivity index (χ4v) is 3.58. The second-order valence-corrected chi connectivity index (χ2v) is 7.33. The number of hydrogen-bond acceptors (Lipinski definition) is 3. The molecule has 138 valence electrons. The summed E-state index contributed by atoms with van der Waals surface area (Å²) in [5, 5.41) is 10.5. The molecule has 0 spiro atoms. The second kappa shape index (κ2) is 8.65. The third-order valence-electron chi connectivity index (χ3n) is 4.97. The number of fused-ring (bicyclic) bond motifs is 1. The number of carbonyl (C=O) groups is 1. The van der Waals surface area contributed by atoms with Crippen LogP contribution in [0.5, 0.6) is 0 Å². The van der Waals surface area contributed by atoms with E-state index in [4.69, 9.17) is 16.7 Å². The predicted molar refractivity (Wildman–Crippen MR) is 107 cm³/mol. The van der Waals surface area contributed by atoms with E-state index < -0.39 is 0 Å². The molecule has 1 aromatic rings. The Morgan fingerprint density at radius 3 is 2.58 bits per heavy atom. The summed E-state index contributed by atoms with van der Waals surface area (Å²) in [6.45, 7) is 5.97. The fourth-order valence-electron chi connectivity index (χ4n) is 3.46. The van der Waals surface area contributed by atoms with Gasteiger partial charge in [-0.15, -0.1) is 0 Å². The number of nitrogens with one attached hydrogen (secondary N) is 1. The Morgan fingerprint density at radius 2 is 1.88 bits per heavy atom. The molecular weight excluding hydrogens is 346 g/mol. The molecule has 1 aliphatic carbocycles. The van der Waals surface area contributed by atoms with Crippen molar-refractivity contribution in [3.8, 4) is 0 Å². The van der Waals surface area contributed by atoms with Gasteiger partial charge in [0.15, 0.2) is 0 Å². The SMILES string of the molecule is CCNCCC(C)N1N=C(Cc2ccc(Cl)cc2)C2C=CC=CC2C1=O. The summed E-state index contributed by atoms with van der Waals surface area (Å²) in [5.41, 5.74) is 2.19. The van der Waals surface area contributed by atoms with Crippen molar-refractivity contribution >= 4 is 23.2 Å². The topological polar surface area (TPSA) is 44.7 Å². The van der Waals surface area contributed by atoms with Crippen LogP contribution >= 0.6 is 11.6 Å². The van der Waals surface area contributed by atoms with E-state index in [0.717, 1.165) is 42.2 Å². The van der Waals surface area contributed by atoms with E-state index in [1.54, 1.807) is 5.01 Å². The van der Waals surface area contributed by atoms with E-state index in [0.29, 0.717) is 0 Å². The molecule has 3 atom stereocenters. The third-order valence-corrected chi connectivity index (χ3v) is 5.22. The maximum absolute atomic E-state index is 13.0. The van der Waals surface area contributed by atoms with Crippen LogP contribution in [0, 0.1) is 11.8 Å². The lowest BCUT2D eigenvalue weighted by atomic mass is 9.80. The van der Waals surface area contributed by atoms with Crippen molar-refractivity contribution in [2.24, 2.45) is 16.9 Å². The molecule has 0 saturated carbocycles. The lowest BCUT2D eigenvalue weighted by Crippen LogP contribution is -2.48. The molecule has 0 fully saturated rings. The standard InChI is InChI=1S/C21H26ClN3O/c1-3-23-13-12-15(2)25-21(26)19-7-5-4-6-18(19)20(24-25)14-16-8-10-17(22)11-9-16/h4-11,15,18-19,23H,3,12-14H2,1-2H3. The number of rotatable bonds is 7. The number of benzene rings is 1. The van der Waals surface area contributed by atoms with Gasteiger partial charge in [0.2, 0.25) is 0 Å². The normalized spacial score (nSPS) is 23.0. The lowest BCUT2D eigenvalue weighted by Gasteiger charge is -2.37. The van der Waals surface area contributed by atoms with Gasteiger partial charge in [0.25, 0.3) is 5.91 Å². The zero-order chi connectivity index (χ0) is 18.5. The third kappa shape index (κ3) is 4.25. The van der Waals surface area contributed by atoms with Gasteiger partial charge in [-0.25, -0.2) is 5.01 Å². The molecule has 1 aromatic carbocycles. The summed E-state index contributed by atoms with van der Waals surface area (Å²) >= 11 is 6.00. The van der Waals surface area contributed by atoms with E-state index in [2.05, 4.69) is 25.2 Å². The van der Waals surface area contributed by atoms with Crippen molar-refractivity contribution in [2.75, 3.05) is 13.1 Å². The molecule has 2 aliphatic rings. The minimum atomic E-state index is -0.151. The number of halogens is 1. The second-order valence-electron chi connectivity index (χ2n) is 6.89. The number of allylic oxidation sites excluding steroid dienone is 3. The smallest absolute Gasteiger partial charge is 0.250 e. The van der Waals surface area contributed by atoms with Crippen molar-refractivity contribution in [3.05, 3.63) is 59.2 Å². The van der Waals surface area contributed by atoms with Crippen LogP contribution in [0.4, 0.5) is 0 Å². The maximum atomic E-state index is 13.0. The molecule has 0 saturated heterocycles. The van der Waals surface area contributed by atoms with Crippen molar-refractivity contribution in [3.63, 3.8) is 0 Å². The van der Waals surface area contributed by atoms with Crippen LogP contribution in [0.2, 0.25) is 5.02 Å². The Bertz CT molecular complexity index is 723. The van der Waals surface area contributed by atoms with Gasteiger partial charge in [0.05, 0.1) is 17.7 Å². The fraction of sp³-hybridized carbons (Fsp3) is 0.429. The monoisotopic (exact) mass is 371 g/mol. The van der Waals surface area contributed by atoms with Crippen molar-refractivity contribution in [2.45, 2.75) is 32.7 Å². The first-order valence-electron chi connectivity index (χ1n) is 9.30. The van der Waals surface area contributed by atoms with Gasteiger partial charge in [0.1, 0.15) is 0 Å². The molecule has 4 nitrogen and oxygen atoms in total. The Morgan fingerprint density at radius 1 is 1.19 bits per heavy atom. The Labute approximate surface area is 160 Å². The highest BCUT2D eigenvalue weighted by molar-refractivity contribution is 6.30. The van der Waals surface area contributed by atoms with Crippen LogP contribution in [0.15, 0.2) is 53.7 Å². The van der Waals surface area contributed by atoms with Crippen LogP contribution in [0.1, 0.15) is 25.8 Å². The number of hydrazone groups is 1. The maximum Gasteiger partial charge on any atom is 0.250 e. The summed E-state index contributed by atoms with van der Waals surface area (Å²) in [6.07, 6.45) is 9.68. The van der Waals surface area contributed by atoms with Crippen LogP contribution in [-0.2, 0) is 11.2 Å². The van der Waals surface area contributed by atoms with Crippen molar-refractivity contribution in [1.29, 1.82) is 0 Å². The van der Waals surface area contributed by atoms with Gasteiger partial charge < -0.3 is 5.32 Å². The number of carbonyl (C=O) groups excluding carboxylic acids is 1. The average molecular weight is 372 g/mol. The largest absolute Gasteiger partial charge is 0.317 e. The number of nitrogens with zero attached hydrogens (tertiary/aromatic N) is 2. The van der Waals surface area contributed by atoms with E-state index in [1.807, 2.05) is 42.5 Å². The van der Waals surface area contributed by atoms with Crippen molar-refractivity contribution < 1.29 is 4.79 Å². The molecule has 1 heterocycles. The van der Waals surface area contributed by atoms with Gasteiger partial charge in [-0.2, -0.15) is 5.10 Å². The molecule has 0 bridgehead atoms. The first-order chi connectivity index (χ1) is 12.6. The average Bonchev–Trinajstić information content (AvgIpc) is 2.66. The molecule has 5 heteroatoms. The summed E-state index contributed by atoms with van der Waals surface area (Å²) < 4.78 is 0. The van der Waals surface area contributed by atoms with E-state index in [-0.39, 0.29) is 23.8 Å². The van der Waals surface area contributed by atoms with Gasteiger partial charge in [-0.1, -0.05) is 55.0 Å². The van der Waals surface area contributed by atoms with Crippen LogP contribution < -0.4 is 5.32 Å². The van der Waals surface area contributed by atoms with Crippen LogP contribution in [-0.4, -0.2) is 35.8 Å². The molecule has 26 heavy (non-hydrogen) atoms. The molecule has 1 N–H and O–H groups in total. The number of hydrogen-bond donors (Lipinski definition) is 1. The summed E-state index contributed by atoms with van der Waals surface area (Å²) in [6, 6.07) is 7.92. The summed E-state index contributed by atoms with van der Waals surface area (Å²) in [4.78, 5) is 13.0. The zero-order valence-corrected chi connectivity index (χ0v) is 16.1. The minimum absolute atomic E-state index is 0.0420. The molecule has 0 radical (unpaired) electrons. The predicted octanol–water partition coefficient (Wildman–Crippen LogP) is 3.83. The van der Waals surface area contributed by atoms with Crippen LogP contribution in [0.25, 0.3) is 0 Å².